The van der Waals surface area contributed by atoms with Crippen LogP contribution in [0.5, 0.6) is 0 Å². The molecule has 0 aliphatic rings. The van der Waals surface area contributed by atoms with Crippen LogP contribution in [-0.4, -0.2) is 9.97 Å². The van der Waals surface area contributed by atoms with Crippen molar-refractivity contribution in [2.24, 2.45) is 0 Å². The van der Waals surface area contributed by atoms with E-state index in [0.29, 0.717) is 0 Å². The molecule has 0 N–H and O–H groups in total. The molecular formula is C2Cl3CuF3. The van der Waals surface area contributed by atoms with E-state index in [-0.39, 0.29) is 17.1 Å². The third-order valence-corrected chi connectivity index (χ3v) is 0.964. The molecule has 1 radical (unpaired) electrons. The number of halogens is 6. The van der Waals surface area contributed by atoms with Crippen LogP contribution in [0.3, 0.4) is 0 Å². The minimum atomic E-state index is -4.77. The first-order chi connectivity index (χ1) is 3.25. The molecule has 0 amide bonds. The largest absolute Gasteiger partial charge is 0.435 e. The van der Waals surface area contributed by atoms with E-state index in [2.05, 4.69) is 34.8 Å². The summed E-state index contributed by atoms with van der Waals surface area (Å²) in [5.41, 5.74) is 0. The molecule has 61 valence electrons. The minimum absolute atomic E-state index is 0. The number of hydrogen-bond acceptors (Lipinski definition) is 0. The number of rotatable bonds is 0. The molecule has 0 atom stereocenters. The summed E-state index contributed by atoms with van der Waals surface area (Å²) in [6, 6.07) is 0. The van der Waals surface area contributed by atoms with E-state index < -0.39 is 9.97 Å². The van der Waals surface area contributed by atoms with E-state index in [4.69, 9.17) is 0 Å². The van der Waals surface area contributed by atoms with Gasteiger partial charge in [-0.25, -0.2) is 0 Å². The van der Waals surface area contributed by atoms with Gasteiger partial charge in [-0.3, -0.25) is 0 Å². The van der Waals surface area contributed by atoms with Crippen LogP contribution < -0.4 is 0 Å². The molecular weight excluding hydrogens is 251 g/mol. The molecule has 0 aromatic rings. The summed E-state index contributed by atoms with van der Waals surface area (Å²) in [5.74, 6) is 0. The maximum atomic E-state index is 11.2. The van der Waals surface area contributed by atoms with E-state index >= 15 is 0 Å². The maximum absolute atomic E-state index is 11.2. The molecule has 0 bridgehead atoms. The van der Waals surface area contributed by atoms with Crippen molar-refractivity contribution >= 4 is 34.8 Å². The van der Waals surface area contributed by atoms with Crippen LogP contribution in [-0.2, 0) is 17.1 Å². The average molecular weight is 251 g/mol. The Kier molecular flexibility index (Phi) is 5.04. The molecule has 0 aliphatic carbocycles. The fraction of sp³-hybridized carbons (Fsp3) is 1.00. The zero-order chi connectivity index (χ0) is 7.00. The predicted octanol–water partition coefficient (Wildman–Crippen LogP) is 2.92. The van der Waals surface area contributed by atoms with Crippen molar-refractivity contribution in [2.75, 3.05) is 0 Å². The first-order valence-corrected chi connectivity index (χ1v) is 2.52. The van der Waals surface area contributed by atoms with E-state index in [9.17, 15) is 13.2 Å². The molecule has 0 spiro atoms. The summed E-state index contributed by atoms with van der Waals surface area (Å²) in [5, 5.41) is 0. The molecule has 7 heteroatoms. The van der Waals surface area contributed by atoms with Crippen molar-refractivity contribution in [3.05, 3.63) is 0 Å². The van der Waals surface area contributed by atoms with E-state index in [1.165, 1.54) is 0 Å². The monoisotopic (exact) mass is 249 g/mol. The Bertz CT molecular complexity index is 72.0. The third kappa shape index (κ3) is 4.57. The fourth-order valence-electron chi connectivity index (χ4n) is 0. The van der Waals surface area contributed by atoms with Crippen LogP contribution in [0.2, 0.25) is 0 Å². The molecule has 0 saturated heterocycles. The first kappa shape index (κ1) is 12.8. The SMILES string of the molecule is FC(F)(F)C(Cl)(Cl)Cl.[Cu]. The quantitative estimate of drug-likeness (QED) is 0.458. The molecule has 9 heavy (non-hydrogen) atoms. The molecule has 0 saturated carbocycles. The molecule has 0 unspecified atom stereocenters. The molecule has 0 aromatic carbocycles. The second-order valence-corrected chi connectivity index (χ2v) is 3.28. The Balaban J connectivity index is 0. The van der Waals surface area contributed by atoms with Crippen molar-refractivity contribution in [1.29, 1.82) is 0 Å². The van der Waals surface area contributed by atoms with Gasteiger partial charge < -0.3 is 0 Å². The zero-order valence-corrected chi connectivity index (χ0v) is 6.78. The smallest absolute Gasteiger partial charge is 0.166 e. The summed E-state index contributed by atoms with van der Waals surface area (Å²) in [4.78, 5) is 0. The van der Waals surface area contributed by atoms with Gasteiger partial charge in [-0.15, -0.1) is 0 Å². The summed E-state index contributed by atoms with van der Waals surface area (Å²) < 4.78 is 30.4. The summed E-state index contributed by atoms with van der Waals surface area (Å²) >= 11 is 13.2. The van der Waals surface area contributed by atoms with E-state index in [0.717, 1.165) is 0 Å². The Morgan fingerprint density at radius 3 is 1.00 bits per heavy atom. The summed E-state index contributed by atoms with van der Waals surface area (Å²) in [6.45, 7) is 0. The molecule has 0 aromatic heterocycles. The van der Waals surface area contributed by atoms with Gasteiger partial charge in [-0.1, -0.05) is 34.8 Å². The zero-order valence-electron chi connectivity index (χ0n) is 3.57. The Morgan fingerprint density at radius 1 is 0.889 bits per heavy atom. The van der Waals surface area contributed by atoms with Crippen LogP contribution in [0.25, 0.3) is 0 Å². The van der Waals surface area contributed by atoms with Crippen molar-refractivity contribution in [3.8, 4) is 0 Å². The Hall–Kier alpha value is 1.18. The first-order valence-electron chi connectivity index (χ1n) is 1.38. The Labute approximate surface area is 75.1 Å². The van der Waals surface area contributed by atoms with Gasteiger partial charge in [0.05, 0.1) is 0 Å². The van der Waals surface area contributed by atoms with Gasteiger partial charge in [0, 0.05) is 17.1 Å². The van der Waals surface area contributed by atoms with Gasteiger partial charge in [-0.05, 0) is 0 Å². The normalized spacial score (nSPS) is 12.7. The topological polar surface area (TPSA) is 0 Å². The summed E-state index contributed by atoms with van der Waals surface area (Å²) in [6.07, 6.45) is -4.77. The van der Waals surface area contributed by atoms with Gasteiger partial charge in [0.1, 0.15) is 0 Å². The van der Waals surface area contributed by atoms with Crippen LogP contribution >= 0.6 is 34.8 Å². The molecule has 0 nitrogen and oxygen atoms in total. The maximum Gasteiger partial charge on any atom is 0.435 e. The van der Waals surface area contributed by atoms with E-state index in [1.54, 1.807) is 0 Å². The predicted molar refractivity (Wildman–Crippen MR) is 26.3 cm³/mol. The van der Waals surface area contributed by atoms with Crippen molar-refractivity contribution < 1.29 is 30.2 Å². The number of alkyl halides is 6. The van der Waals surface area contributed by atoms with Gasteiger partial charge >= 0.3 is 6.18 Å². The molecule has 0 fully saturated rings. The average Bonchev–Trinajstić information content (AvgIpc) is 1.25. The molecule has 0 rings (SSSR count). The standard InChI is InChI=1S/C2Cl3F3.Cu/c3-1(4,5)2(6,7)8;. The third-order valence-electron chi connectivity index (χ3n) is 0.321. The molecule has 0 aliphatic heterocycles. The van der Waals surface area contributed by atoms with Gasteiger partial charge in [-0.2, -0.15) is 13.2 Å². The van der Waals surface area contributed by atoms with Gasteiger partial charge in [0.25, 0.3) is 3.79 Å². The minimum Gasteiger partial charge on any atom is -0.166 e. The number of hydrogen-bond donors (Lipinski definition) is 0. The van der Waals surface area contributed by atoms with Gasteiger partial charge in [0.2, 0.25) is 0 Å². The van der Waals surface area contributed by atoms with E-state index in [1.807, 2.05) is 0 Å². The van der Waals surface area contributed by atoms with Crippen LogP contribution in [0.4, 0.5) is 13.2 Å². The Morgan fingerprint density at radius 2 is 1.00 bits per heavy atom. The van der Waals surface area contributed by atoms with Crippen LogP contribution in [0, 0.1) is 0 Å². The second-order valence-electron chi connectivity index (χ2n) is 0.996. The van der Waals surface area contributed by atoms with Gasteiger partial charge in [0.15, 0.2) is 0 Å². The molecule has 0 heterocycles. The van der Waals surface area contributed by atoms with Crippen molar-refractivity contribution in [2.45, 2.75) is 9.97 Å². The van der Waals surface area contributed by atoms with Crippen LogP contribution in [0.1, 0.15) is 0 Å². The van der Waals surface area contributed by atoms with Crippen molar-refractivity contribution in [3.63, 3.8) is 0 Å². The van der Waals surface area contributed by atoms with Crippen LogP contribution in [0.15, 0.2) is 0 Å². The fourth-order valence-corrected chi connectivity index (χ4v) is 0. The summed E-state index contributed by atoms with van der Waals surface area (Å²) in [7, 11) is 0. The second kappa shape index (κ2) is 3.54. The van der Waals surface area contributed by atoms with Crippen molar-refractivity contribution in [1.82, 2.24) is 0 Å².